The monoisotopic (exact) mass is 1740 g/mol. The molecule has 0 saturated heterocycles. The molecule has 11 aromatic rings. The number of aromatic amines is 2. The van der Waals surface area contributed by atoms with Crippen molar-refractivity contribution >= 4 is 87.2 Å². The lowest BCUT2D eigenvalue weighted by Gasteiger charge is -2.27. The molecule has 7 aromatic heterocycles. The molecule has 0 aliphatic carbocycles. The number of nitrogens with one attached hydrogen (secondary N) is 6. The van der Waals surface area contributed by atoms with Crippen LogP contribution < -0.4 is 36.5 Å². The van der Waals surface area contributed by atoms with Crippen LogP contribution in [0.1, 0.15) is 137 Å². The third kappa shape index (κ3) is 36.9. The van der Waals surface area contributed by atoms with Crippen LogP contribution in [0, 0.1) is 63.1 Å². The predicted molar refractivity (Wildman–Crippen MR) is 457 cm³/mol. The van der Waals surface area contributed by atoms with Crippen molar-refractivity contribution in [3.63, 3.8) is 0 Å². The van der Waals surface area contributed by atoms with Crippen LogP contribution in [0.4, 0.5) is 68.3 Å². The summed E-state index contributed by atoms with van der Waals surface area (Å²) in [6.45, 7) is 13.2. The first-order chi connectivity index (χ1) is 55.2. The molecule has 0 fully saturated rings. The van der Waals surface area contributed by atoms with Gasteiger partial charge >= 0.3 is 29.6 Å². The third-order valence-electron chi connectivity index (χ3n) is 14.1. The minimum Gasteiger partial charge on any atom is -0.478 e. The van der Waals surface area contributed by atoms with Crippen molar-refractivity contribution in [3.05, 3.63) is 267 Å². The Kier molecular flexibility index (Phi) is 49.0. The molecule has 37 heteroatoms. The SMILES string of the molecule is C.C.C.C.C.C.CC(C)(C)O.CC(C)(C)OC(=O)Nc1ccnc(Cl)c1F.N#Cc1nccc(N)c1F.N#Cc1nccc(NC(=O)N2CCc3[nH]nc(-c4ccccc4)c3C2)c1F.N#Cc1nccc(NC(=O)Oc2ccccc2)c1F.O=C(Cl)Oc1ccccc1.O=C(O)c1ccnc(Cl)c1F.[2H]CF.c1ccc(-c2n[nH]c3c2CNCC3)cc1. The van der Waals surface area contributed by atoms with Gasteiger partial charge in [0, 0.05) is 109 Å². The number of nitriles is 3. The van der Waals surface area contributed by atoms with Gasteiger partial charge in [0.1, 0.15) is 35.3 Å². The molecule has 28 nitrogen and oxygen atoms in total. The number of carboxylic acids is 1. The molecule has 4 aromatic carbocycles. The molecule has 13 rings (SSSR count). The smallest absolute Gasteiger partial charge is 0.417 e. The molecule has 0 bridgehead atoms. The van der Waals surface area contributed by atoms with E-state index in [-0.39, 0.29) is 83.9 Å². The van der Waals surface area contributed by atoms with Gasteiger partial charge in [-0.1, -0.05) is 165 Å². The van der Waals surface area contributed by atoms with Gasteiger partial charge in [-0.05, 0) is 96.1 Å². The van der Waals surface area contributed by atoms with E-state index in [1.54, 1.807) is 119 Å². The number of rotatable bonds is 8. The number of nitrogens with two attached hydrogens (primary N) is 1. The van der Waals surface area contributed by atoms with Gasteiger partial charge in [0.15, 0.2) is 56.5 Å². The number of aromatic nitrogens is 9. The molecule has 9 heterocycles. The van der Waals surface area contributed by atoms with E-state index < -0.39 is 93.5 Å². The maximum atomic E-state index is 14.1. The zero-order chi connectivity index (χ0) is 85.5. The number of urea groups is 1. The van der Waals surface area contributed by atoms with E-state index >= 15 is 0 Å². The predicted octanol–water partition coefficient (Wildman–Crippen LogP) is 20.6. The number of halogens is 9. The maximum absolute atomic E-state index is 14.1. The largest absolute Gasteiger partial charge is 0.478 e. The molecule has 0 radical (unpaired) electrons. The van der Waals surface area contributed by atoms with Crippen LogP contribution in [0.3, 0.4) is 0 Å². The summed E-state index contributed by atoms with van der Waals surface area (Å²) in [6, 6.07) is 47.6. The lowest BCUT2D eigenvalue weighted by Crippen LogP contribution is -2.39. The van der Waals surface area contributed by atoms with Gasteiger partial charge in [-0.2, -0.15) is 26.0 Å². The van der Waals surface area contributed by atoms with E-state index in [1.165, 1.54) is 65.9 Å². The first-order valence-electron chi connectivity index (χ1n) is 34.2. The van der Waals surface area contributed by atoms with Crippen molar-refractivity contribution in [2.24, 2.45) is 0 Å². The van der Waals surface area contributed by atoms with E-state index in [0.717, 1.165) is 60.0 Å². The summed E-state index contributed by atoms with van der Waals surface area (Å²) in [7, 11) is -1.00. The van der Waals surface area contributed by atoms with Crippen LogP contribution in [-0.4, -0.2) is 121 Å². The number of H-pyrrole nitrogens is 2. The Labute approximate surface area is 715 Å². The average molecular weight is 1740 g/mol. The molecule has 0 atom stereocenters. The van der Waals surface area contributed by atoms with Crippen LogP contribution in [0.2, 0.25) is 10.3 Å². The molecule has 2 aliphatic heterocycles. The van der Waals surface area contributed by atoms with Crippen LogP contribution in [0.25, 0.3) is 22.5 Å². The number of carboxylic acid groups (broad SMARTS) is 1. The Morgan fingerprint density at radius 3 is 1.37 bits per heavy atom. The summed E-state index contributed by atoms with van der Waals surface area (Å²) >= 11 is 15.6. The number of aliphatic hydroxyl groups is 1. The Bertz CT molecular complexity index is 5200. The van der Waals surface area contributed by atoms with E-state index in [2.05, 4.69) is 83.5 Å². The zero-order valence-electron chi connectivity index (χ0n) is 62.8. The zero-order valence-corrected chi connectivity index (χ0v) is 64.1. The standard InChI is InChI=1S/C19H15FN6O.C13H8FN3O2.C12H13N3.C10H12ClFN2O2.C7H5ClO2.C6H3ClFNO2.C6H4FN3.C4H10O.CH3F.6CH4/c20-17-15(6-8-22-16(17)10-21)23-19(27)26-9-7-14-13(11-26)18(25-24-14)12-4-2-1-3-5-12;14-12-10(6-7-16-11(12)8-15)17-13(18)19-9-4-2-1-3-5-9;1-2-4-9(5-3-1)12-10-8-13-7-6-11(10)14-15-12;1-10(2,3)16-9(15)14-6-4-5-13-8(11)7(6)12;8-7(9)10-6-4-2-1-3-5-6;7-5-4(8)3(6(10)11)1-2-9-5;7-6-4(9)1-2-10-5(6)3-8;1-4(2,3)5;1-2;;;;;;/h1-6,8H,7,9,11H2,(H,24,25)(H,22,23,27);1-7H,(H,16,17,18);1-5,13H,6-8H2,(H,14,15);4-5H,1-3H3,(H,13,14,15);1-5H;1-2H,(H,10,11);1-2H,(H2,9,10);5H,1-3H3;1H3;6*1H4/i;;;;;;;;1D;;;;;;. The fraction of sp³-hybridized carbons (Fsp3) is 0.250. The number of aromatic carboxylic acids is 1. The number of para-hydroxylation sites is 2. The van der Waals surface area contributed by atoms with Gasteiger partial charge in [-0.15, -0.1) is 0 Å². The van der Waals surface area contributed by atoms with Gasteiger partial charge in [-0.25, -0.2) is 70.8 Å². The minimum absolute atomic E-state index is 0. The van der Waals surface area contributed by atoms with Gasteiger partial charge in [-0.3, -0.25) is 25.2 Å². The molecule has 0 unspecified atom stereocenters. The highest BCUT2D eigenvalue weighted by atomic mass is 35.5. The van der Waals surface area contributed by atoms with E-state index in [1.807, 2.05) is 54.6 Å². The summed E-state index contributed by atoms with van der Waals surface area (Å²) in [5, 5.41) is 67.2. The minimum atomic E-state index is -1.35. The number of nitrogen functional groups attached to an aromatic ring is 1. The van der Waals surface area contributed by atoms with Crippen molar-refractivity contribution in [2.75, 3.05) is 41.9 Å². The number of hydrogen-bond donors (Lipinski definition) is 9. The van der Waals surface area contributed by atoms with Gasteiger partial charge in [0.25, 0.3) is 0 Å². The second kappa shape index (κ2) is 55.2. The topological polar surface area (TPSA) is 424 Å². The second-order valence-electron chi connectivity index (χ2n) is 24.8. The molecule has 0 spiro atoms. The number of carbonyl (C=O) groups is 5. The van der Waals surface area contributed by atoms with Crippen molar-refractivity contribution in [3.8, 4) is 52.2 Å². The Morgan fingerprint density at radius 1 is 0.545 bits per heavy atom. The van der Waals surface area contributed by atoms with Gasteiger partial charge in [0.05, 0.1) is 60.4 Å². The Hall–Kier alpha value is -13.6. The number of nitrogens with zero attached hydrogens (tertiary/aromatic N) is 11. The number of carbonyl (C=O) groups excluding carboxylic acids is 4. The first-order valence-corrected chi connectivity index (χ1v) is 34.6. The summed E-state index contributed by atoms with van der Waals surface area (Å²) in [4.78, 5) is 74.9. The summed E-state index contributed by atoms with van der Waals surface area (Å²) in [5.41, 5.74) is 10.0. The van der Waals surface area contributed by atoms with E-state index in [0.29, 0.717) is 31.0 Å². The fourth-order valence-corrected chi connectivity index (χ4v) is 9.56. The number of ether oxygens (including phenoxy) is 3. The number of alkyl halides is 1. The van der Waals surface area contributed by atoms with Gasteiger partial charge in [0.2, 0.25) is 0 Å². The summed E-state index contributed by atoms with van der Waals surface area (Å²) < 4.78 is 96.3. The second-order valence-corrected chi connectivity index (χ2v) is 25.8. The van der Waals surface area contributed by atoms with E-state index in [4.69, 9.17) is 77.4 Å². The molecular formula is C84H97Cl3F6N18O10. The number of hydrogen-bond acceptors (Lipinski definition) is 21. The Morgan fingerprint density at radius 2 is 0.934 bits per heavy atom. The van der Waals surface area contributed by atoms with Crippen LogP contribution in [0.5, 0.6) is 11.5 Å². The molecule has 646 valence electrons. The van der Waals surface area contributed by atoms with Gasteiger partial charge < -0.3 is 45.7 Å². The number of anilines is 4. The molecule has 10 N–H and O–H groups in total. The number of pyridine rings is 5. The van der Waals surface area contributed by atoms with Crippen LogP contribution in [-0.2, 0) is 30.7 Å². The highest BCUT2D eigenvalue weighted by Crippen LogP contribution is 2.30. The number of amides is 4. The molecule has 0 saturated carbocycles. The van der Waals surface area contributed by atoms with E-state index in [9.17, 15) is 50.3 Å². The normalized spacial score (nSPS) is 10.7. The fourth-order valence-electron chi connectivity index (χ4n) is 9.15. The summed E-state index contributed by atoms with van der Waals surface area (Å²) in [6.07, 6.45) is 6.31. The van der Waals surface area contributed by atoms with Crippen molar-refractivity contribution < 1.29 is 76.1 Å². The van der Waals surface area contributed by atoms with Crippen LogP contribution in [0.15, 0.2) is 183 Å². The number of benzene rings is 4. The number of fused-ring (bicyclic) bond motifs is 2. The van der Waals surface area contributed by atoms with Crippen LogP contribution >= 0.6 is 34.8 Å². The van der Waals surface area contributed by atoms with Crippen molar-refractivity contribution in [2.45, 2.75) is 123 Å². The first kappa shape index (κ1) is 107. The molecular weight excluding hydrogens is 1640 g/mol. The molecule has 121 heavy (non-hydrogen) atoms. The highest BCUT2D eigenvalue weighted by Gasteiger charge is 2.27. The van der Waals surface area contributed by atoms with Crippen molar-refractivity contribution in [1.29, 1.82) is 15.8 Å². The lowest BCUT2D eigenvalue weighted by molar-refractivity contribution is 0.0632. The average Bonchev–Trinajstić information content (AvgIpc) is 1.62. The summed E-state index contributed by atoms with van der Waals surface area (Å²) in [5.74, 6) is -4.82. The maximum Gasteiger partial charge on any atom is 0.417 e. The highest BCUT2D eigenvalue weighted by molar-refractivity contribution is 6.61. The lowest BCUT2D eigenvalue weighted by atomic mass is 10.0. The Balaban J connectivity index is 0. The molecule has 2 aliphatic rings. The third-order valence-corrected chi connectivity index (χ3v) is 14.7. The molecule has 4 amide bonds. The quantitative estimate of drug-likeness (QED) is 0.0387. The van der Waals surface area contributed by atoms with Crippen molar-refractivity contribution in [1.82, 2.24) is 55.5 Å².